The molecule has 34 heavy (non-hydrogen) atoms. The lowest BCUT2D eigenvalue weighted by Crippen LogP contribution is -2.33. The van der Waals surface area contributed by atoms with Crippen molar-refractivity contribution in [3.8, 4) is 5.75 Å². The number of nitrogens with zero attached hydrogens (tertiary/aromatic N) is 5. The van der Waals surface area contributed by atoms with Gasteiger partial charge >= 0.3 is 0 Å². The van der Waals surface area contributed by atoms with Gasteiger partial charge in [-0.05, 0) is 36.6 Å². The van der Waals surface area contributed by atoms with E-state index in [0.717, 1.165) is 11.5 Å². The third-order valence-electron chi connectivity index (χ3n) is 5.42. The van der Waals surface area contributed by atoms with Gasteiger partial charge in [0.15, 0.2) is 28.4 Å². The summed E-state index contributed by atoms with van der Waals surface area (Å²) in [5, 5.41) is 17.4. The quantitative estimate of drug-likeness (QED) is 0.480. The van der Waals surface area contributed by atoms with Gasteiger partial charge in [-0.3, -0.25) is 4.79 Å². The van der Waals surface area contributed by atoms with E-state index in [9.17, 15) is 9.90 Å². The Bertz CT molecular complexity index is 1360. The molecule has 178 valence electrons. The highest BCUT2D eigenvalue weighted by atomic mass is 16.3. The Hall–Kier alpha value is -3.95. The Balaban J connectivity index is 1.78. The van der Waals surface area contributed by atoms with E-state index in [-0.39, 0.29) is 35.3 Å². The summed E-state index contributed by atoms with van der Waals surface area (Å²) < 4.78 is 5.92. The number of aromatic hydroxyl groups is 1. The first-order valence-corrected chi connectivity index (χ1v) is 10.9. The predicted molar refractivity (Wildman–Crippen MR) is 128 cm³/mol. The topological polar surface area (TPSA) is 128 Å². The number of furan rings is 1. The average molecular weight is 464 g/mol. The molecule has 1 atom stereocenters. The van der Waals surface area contributed by atoms with Gasteiger partial charge in [0.05, 0.1) is 17.3 Å². The third kappa shape index (κ3) is 4.57. The molecule has 1 aromatic carbocycles. The number of hydrogen-bond donors (Lipinski definition) is 3. The van der Waals surface area contributed by atoms with Crippen LogP contribution in [0.2, 0.25) is 0 Å². The first-order chi connectivity index (χ1) is 16.0. The largest absolute Gasteiger partial charge is 0.505 e. The molecule has 10 heteroatoms. The molecule has 2 aromatic heterocycles. The van der Waals surface area contributed by atoms with Crippen molar-refractivity contribution >= 4 is 23.2 Å². The van der Waals surface area contributed by atoms with Crippen molar-refractivity contribution in [1.82, 2.24) is 14.9 Å². The lowest BCUT2D eigenvalue weighted by Gasteiger charge is -2.30. The van der Waals surface area contributed by atoms with Gasteiger partial charge in [-0.2, -0.15) is 0 Å². The number of carbonyl (C=O) groups is 1. The van der Waals surface area contributed by atoms with Crippen molar-refractivity contribution in [2.24, 2.45) is 15.4 Å². The average Bonchev–Trinajstić information content (AvgIpc) is 3.40. The number of carbonyl (C=O) groups excluding carboxylic acids is 1. The lowest BCUT2D eigenvalue weighted by atomic mass is 9.85. The number of phenols is 1. The van der Waals surface area contributed by atoms with Crippen molar-refractivity contribution in [3.05, 3.63) is 58.4 Å². The van der Waals surface area contributed by atoms with Crippen molar-refractivity contribution in [2.75, 3.05) is 31.4 Å². The van der Waals surface area contributed by atoms with Crippen LogP contribution in [-0.4, -0.2) is 46.6 Å². The molecule has 3 N–H and O–H groups in total. The summed E-state index contributed by atoms with van der Waals surface area (Å²) in [5.74, 6) is 1.87. The minimum absolute atomic E-state index is 0.176. The molecular weight excluding hydrogens is 434 g/mol. The van der Waals surface area contributed by atoms with Crippen LogP contribution in [0, 0.1) is 12.3 Å². The van der Waals surface area contributed by atoms with Crippen molar-refractivity contribution < 1.29 is 14.3 Å². The zero-order valence-corrected chi connectivity index (χ0v) is 20.2. The van der Waals surface area contributed by atoms with Crippen LogP contribution in [0.5, 0.6) is 5.75 Å². The second kappa shape index (κ2) is 8.77. The summed E-state index contributed by atoms with van der Waals surface area (Å²) >= 11 is 0. The molecule has 0 saturated carbocycles. The number of para-hydroxylation sites is 1. The number of benzene rings is 1. The number of nitrogens with one attached hydrogen (secondary N) is 2. The zero-order valence-electron chi connectivity index (χ0n) is 20.2. The first kappa shape index (κ1) is 23.2. The second-order valence-electron chi connectivity index (χ2n) is 9.44. The number of anilines is 3. The molecule has 0 aliphatic carbocycles. The van der Waals surface area contributed by atoms with Crippen LogP contribution in [0.15, 0.2) is 44.7 Å². The molecule has 1 amide bonds. The van der Waals surface area contributed by atoms with Gasteiger partial charge < -0.3 is 25.1 Å². The van der Waals surface area contributed by atoms with Crippen LogP contribution in [0.3, 0.4) is 0 Å². The Kier molecular flexibility index (Phi) is 5.99. The zero-order chi connectivity index (χ0) is 24.6. The molecule has 3 aromatic rings. The molecule has 4 rings (SSSR count). The van der Waals surface area contributed by atoms with Crippen molar-refractivity contribution in [2.45, 2.75) is 33.7 Å². The van der Waals surface area contributed by atoms with Crippen LogP contribution in [-0.2, 0) is 0 Å². The number of aromatic nitrogens is 2. The summed E-state index contributed by atoms with van der Waals surface area (Å²) in [4.78, 5) is 31.7. The molecule has 1 aliphatic heterocycles. The lowest BCUT2D eigenvalue weighted by molar-refractivity contribution is 0.0824. The van der Waals surface area contributed by atoms with E-state index in [0.29, 0.717) is 28.3 Å². The maximum atomic E-state index is 12.5. The Morgan fingerprint density at radius 1 is 1.09 bits per heavy atom. The van der Waals surface area contributed by atoms with Crippen LogP contribution < -0.4 is 21.6 Å². The van der Waals surface area contributed by atoms with Gasteiger partial charge in [0, 0.05) is 14.1 Å². The van der Waals surface area contributed by atoms with E-state index in [1.54, 1.807) is 32.3 Å². The second-order valence-corrected chi connectivity index (χ2v) is 9.44. The highest BCUT2D eigenvalue weighted by molar-refractivity contribution is 5.98. The minimum atomic E-state index is -0.311. The maximum Gasteiger partial charge on any atom is 0.257 e. The summed E-state index contributed by atoms with van der Waals surface area (Å²) in [6, 6.07) is 8.55. The molecule has 0 fully saturated rings. The fraction of sp³-hybridized carbons (Fsp3) is 0.375. The molecule has 3 heterocycles. The van der Waals surface area contributed by atoms with Gasteiger partial charge in [0.25, 0.3) is 5.91 Å². The number of fused-ring (bicyclic) bond motifs is 1. The van der Waals surface area contributed by atoms with Gasteiger partial charge in [-0.15, -0.1) is 0 Å². The summed E-state index contributed by atoms with van der Waals surface area (Å²) in [5.41, 5.74) is 1.12. The van der Waals surface area contributed by atoms with Gasteiger partial charge in [-0.25, -0.2) is 20.0 Å². The van der Waals surface area contributed by atoms with Crippen molar-refractivity contribution in [1.29, 1.82) is 0 Å². The smallest absolute Gasteiger partial charge is 0.257 e. The Morgan fingerprint density at radius 2 is 1.76 bits per heavy atom. The molecule has 0 spiro atoms. The highest BCUT2D eigenvalue weighted by Gasteiger charge is 2.30. The minimum Gasteiger partial charge on any atom is -0.505 e. The first-order valence-electron chi connectivity index (χ1n) is 10.9. The highest BCUT2D eigenvalue weighted by Crippen LogP contribution is 2.38. The third-order valence-corrected chi connectivity index (χ3v) is 5.42. The van der Waals surface area contributed by atoms with E-state index < -0.39 is 0 Å². The normalized spacial score (nSPS) is 13.5. The molecule has 0 saturated heterocycles. The maximum absolute atomic E-state index is 12.5. The Labute approximate surface area is 197 Å². The SMILES string of the molecule is Cc1ccc([C@H](Nc2nc3c(nc2Nc2cccc(C(=O)N(C)C)c2O)=NCN=3)C(C)(C)C)o1. The van der Waals surface area contributed by atoms with Crippen LogP contribution >= 0.6 is 0 Å². The summed E-state index contributed by atoms with van der Waals surface area (Å²) in [6.45, 7) is 8.45. The molecular formula is C24H29N7O3. The van der Waals surface area contributed by atoms with E-state index in [4.69, 9.17) is 4.42 Å². The summed E-state index contributed by atoms with van der Waals surface area (Å²) in [6.07, 6.45) is 0. The fourth-order valence-electron chi connectivity index (χ4n) is 3.63. The number of rotatable bonds is 6. The van der Waals surface area contributed by atoms with E-state index in [2.05, 4.69) is 51.4 Å². The monoisotopic (exact) mass is 463 g/mol. The standard InChI is InChI=1S/C24H29N7O3/c1-13-10-11-16(34-13)18(24(2,3)4)28-22-21(29-19-20(30-22)26-12-25-19)27-15-9-7-8-14(17(15)32)23(33)31(5)6/h7-11,18,32H,12H2,1-6H3,(H,25,27,29)(H,26,28,30)/t18-/m0/s1. The van der Waals surface area contributed by atoms with Crippen LogP contribution in [0.1, 0.15) is 48.7 Å². The molecule has 0 unspecified atom stereocenters. The van der Waals surface area contributed by atoms with Crippen molar-refractivity contribution in [3.63, 3.8) is 0 Å². The van der Waals surface area contributed by atoms with Gasteiger partial charge in [0.1, 0.15) is 18.2 Å². The van der Waals surface area contributed by atoms with E-state index >= 15 is 0 Å². The number of aryl methyl sites for hydroxylation is 1. The Morgan fingerprint density at radius 3 is 2.35 bits per heavy atom. The van der Waals surface area contributed by atoms with E-state index in [1.165, 1.54) is 4.90 Å². The summed E-state index contributed by atoms with van der Waals surface area (Å²) in [7, 11) is 3.26. The van der Waals surface area contributed by atoms with Crippen LogP contribution in [0.25, 0.3) is 0 Å². The number of hydrogen-bond acceptors (Lipinski definition) is 9. The molecule has 1 aliphatic rings. The molecule has 0 radical (unpaired) electrons. The number of phenolic OH excluding ortho intramolecular Hbond substituents is 1. The predicted octanol–water partition coefficient (Wildman–Crippen LogP) is 2.94. The fourth-order valence-corrected chi connectivity index (χ4v) is 3.63. The van der Waals surface area contributed by atoms with Crippen LogP contribution in [0.4, 0.5) is 17.3 Å². The molecule has 0 bridgehead atoms. The van der Waals surface area contributed by atoms with E-state index in [1.807, 2.05) is 19.1 Å². The van der Waals surface area contributed by atoms with Gasteiger partial charge in [0.2, 0.25) is 0 Å². The van der Waals surface area contributed by atoms with Gasteiger partial charge in [-0.1, -0.05) is 26.8 Å². The molecule has 10 nitrogen and oxygen atoms in total. The number of amides is 1.